The van der Waals surface area contributed by atoms with Gasteiger partial charge in [-0.25, -0.2) is 4.79 Å². The van der Waals surface area contributed by atoms with Crippen LogP contribution in [0.1, 0.15) is 64.9 Å². The van der Waals surface area contributed by atoms with Crippen LogP contribution < -0.4 is 10.3 Å². The van der Waals surface area contributed by atoms with Crippen LogP contribution in [0.5, 0.6) is 5.75 Å². The van der Waals surface area contributed by atoms with Crippen molar-refractivity contribution in [3.8, 4) is 5.75 Å². The lowest BCUT2D eigenvalue weighted by molar-refractivity contribution is -0.153. The molecule has 1 unspecified atom stereocenters. The van der Waals surface area contributed by atoms with Gasteiger partial charge in [0.05, 0.1) is 23.7 Å². The van der Waals surface area contributed by atoms with E-state index in [1.165, 1.54) is 17.2 Å². The van der Waals surface area contributed by atoms with Gasteiger partial charge in [-0.3, -0.25) is 14.5 Å². The molecule has 0 aliphatic heterocycles. The first-order valence-electron chi connectivity index (χ1n) is 11.1. The molecule has 1 saturated carbocycles. The molecule has 166 valence electrons. The number of esters is 1. The highest BCUT2D eigenvalue weighted by Crippen LogP contribution is 2.27. The van der Waals surface area contributed by atoms with Gasteiger partial charge in [0.25, 0.3) is 5.56 Å². The van der Waals surface area contributed by atoms with E-state index >= 15 is 0 Å². The number of nitrogens with zero attached hydrogens (tertiary/aromatic N) is 2. The maximum atomic E-state index is 13.4. The Morgan fingerprint density at radius 3 is 2.94 bits per heavy atom. The molecule has 2 aromatic heterocycles. The second-order valence-electron chi connectivity index (χ2n) is 8.10. The molecule has 2 heterocycles. The van der Waals surface area contributed by atoms with Crippen LogP contribution in [0.4, 0.5) is 0 Å². The largest absolute Gasteiger partial charge is 0.494 e. The van der Waals surface area contributed by atoms with Gasteiger partial charge in [-0.05, 0) is 55.9 Å². The van der Waals surface area contributed by atoms with Crippen molar-refractivity contribution in [1.29, 1.82) is 0 Å². The lowest BCUT2D eigenvalue weighted by atomic mass is 9.97. The number of benzene rings is 1. The predicted octanol–water partition coefficient (Wildman–Crippen LogP) is 4.61. The van der Waals surface area contributed by atoms with Crippen molar-refractivity contribution >= 4 is 16.9 Å². The third-order valence-corrected chi connectivity index (χ3v) is 5.81. The average Bonchev–Trinajstić information content (AvgIpc) is 3.27. The van der Waals surface area contributed by atoms with Gasteiger partial charge in [-0.1, -0.05) is 31.9 Å². The number of aromatic nitrogens is 3. The number of hydrogen-bond acceptors (Lipinski definition) is 5. The monoisotopic (exact) mass is 425 g/mol. The molecule has 1 aliphatic rings. The topological polar surface area (TPSA) is 86.2 Å². The fourth-order valence-corrected chi connectivity index (χ4v) is 4.09. The molecule has 31 heavy (non-hydrogen) atoms. The number of rotatable bonds is 8. The Morgan fingerprint density at radius 2 is 2.13 bits per heavy atom. The minimum absolute atomic E-state index is 0. The Hall–Kier alpha value is -3.09. The standard InChI is InChI=1S/C24H29N3O4.H2/c1-2-3-14-30-19-11-7-8-17(15-19)22(24(29)31-18-9-5-4-6-10-18)27-13-12-21-20(23(27)28)16-25-26-21;/h7-8,11-13,15-16,18,22H,2-6,9-10,14H2,1H3,(H,25,26);1H. The van der Waals surface area contributed by atoms with Crippen LogP contribution in [0.2, 0.25) is 0 Å². The van der Waals surface area contributed by atoms with Crippen molar-refractivity contribution in [2.45, 2.75) is 64.0 Å². The number of carbonyl (C=O) groups is 1. The van der Waals surface area contributed by atoms with Crippen LogP contribution in [-0.2, 0) is 9.53 Å². The molecule has 7 heteroatoms. The highest BCUT2D eigenvalue weighted by Gasteiger charge is 2.29. The minimum atomic E-state index is -0.886. The van der Waals surface area contributed by atoms with Crippen molar-refractivity contribution in [2.24, 2.45) is 0 Å². The van der Waals surface area contributed by atoms with Crippen molar-refractivity contribution in [3.63, 3.8) is 0 Å². The number of unbranched alkanes of at least 4 members (excludes halogenated alkanes) is 1. The number of fused-ring (bicyclic) bond motifs is 1. The number of nitrogens with one attached hydrogen (secondary N) is 1. The van der Waals surface area contributed by atoms with Gasteiger partial charge in [0, 0.05) is 7.62 Å². The van der Waals surface area contributed by atoms with Gasteiger partial charge >= 0.3 is 5.97 Å². The lowest BCUT2D eigenvalue weighted by Gasteiger charge is -2.26. The number of pyridine rings is 1. The fourth-order valence-electron chi connectivity index (χ4n) is 4.09. The minimum Gasteiger partial charge on any atom is -0.494 e. The summed E-state index contributed by atoms with van der Waals surface area (Å²) in [6.07, 6.45) is 10.0. The zero-order valence-corrected chi connectivity index (χ0v) is 17.9. The van der Waals surface area contributed by atoms with Crippen molar-refractivity contribution < 1.29 is 15.7 Å². The molecule has 7 nitrogen and oxygen atoms in total. The molecule has 1 aromatic carbocycles. The Morgan fingerprint density at radius 1 is 1.29 bits per heavy atom. The quantitative estimate of drug-likeness (QED) is 0.421. The van der Waals surface area contributed by atoms with Crippen LogP contribution in [0.15, 0.2) is 47.5 Å². The molecule has 1 fully saturated rings. The summed E-state index contributed by atoms with van der Waals surface area (Å²) in [4.78, 5) is 26.5. The van der Waals surface area contributed by atoms with E-state index in [-0.39, 0.29) is 13.1 Å². The van der Waals surface area contributed by atoms with Gasteiger partial charge < -0.3 is 9.47 Å². The smallest absolute Gasteiger partial charge is 0.334 e. The number of aromatic amines is 1. The second kappa shape index (κ2) is 9.81. The van der Waals surface area contributed by atoms with E-state index in [0.29, 0.717) is 28.8 Å². The summed E-state index contributed by atoms with van der Waals surface area (Å²) < 4.78 is 13.2. The Labute approximate surface area is 182 Å². The van der Waals surface area contributed by atoms with E-state index in [1.807, 2.05) is 24.3 Å². The maximum Gasteiger partial charge on any atom is 0.334 e. The van der Waals surface area contributed by atoms with Crippen LogP contribution in [0, 0.1) is 0 Å². The fraction of sp³-hybridized carbons (Fsp3) is 0.458. The van der Waals surface area contributed by atoms with Gasteiger partial charge in [0.1, 0.15) is 11.9 Å². The van der Waals surface area contributed by atoms with Gasteiger partial charge in [-0.15, -0.1) is 0 Å². The number of ether oxygens (including phenoxy) is 2. The van der Waals surface area contributed by atoms with Gasteiger partial charge in [0.15, 0.2) is 6.04 Å². The number of hydrogen-bond donors (Lipinski definition) is 1. The first-order valence-corrected chi connectivity index (χ1v) is 11.1. The number of H-pyrrole nitrogens is 1. The summed E-state index contributed by atoms with van der Waals surface area (Å²) in [5, 5.41) is 7.19. The molecule has 0 saturated heterocycles. The third kappa shape index (κ3) is 4.81. The van der Waals surface area contributed by atoms with E-state index in [1.54, 1.807) is 12.3 Å². The van der Waals surface area contributed by atoms with Gasteiger partial charge in [-0.2, -0.15) is 5.10 Å². The number of carbonyl (C=O) groups excluding carboxylic acids is 1. The van der Waals surface area contributed by atoms with Crippen molar-refractivity contribution in [3.05, 3.63) is 58.6 Å². The molecule has 1 atom stereocenters. The first-order chi connectivity index (χ1) is 15.2. The van der Waals surface area contributed by atoms with E-state index in [0.717, 1.165) is 38.5 Å². The highest BCUT2D eigenvalue weighted by molar-refractivity contribution is 5.80. The summed E-state index contributed by atoms with van der Waals surface area (Å²) in [5.74, 6) is 0.265. The summed E-state index contributed by atoms with van der Waals surface area (Å²) in [6.45, 7) is 2.72. The second-order valence-corrected chi connectivity index (χ2v) is 8.10. The van der Waals surface area contributed by atoms with Crippen LogP contribution in [-0.4, -0.2) is 33.4 Å². The summed E-state index contributed by atoms with van der Waals surface area (Å²) in [7, 11) is 0. The average molecular weight is 426 g/mol. The lowest BCUT2D eigenvalue weighted by Crippen LogP contribution is -2.34. The van der Waals surface area contributed by atoms with E-state index in [4.69, 9.17) is 9.47 Å². The molecular weight excluding hydrogens is 394 g/mol. The van der Waals surface area contributed by atoms with Gasteiger partial charge in [0.2, 0.25) is 0 Å². The zero-order chi connectivity index (χ0) is 21.6. The molecule has 1 N–H and O–H groups in total. The molecule has 0 spiro atoms. The van der Waals surface area contributed by atoms with E-state index in [2.05, 4.69) is 17.1 Å². The molecule has 3 aromatic rings. The van der Waals surface area contributed by atoms with Crippen LogP contribution in [0.25, 0.3) is 10.9 Å². The highest BCUT2D eigenvalue weighted by atomic mass is 16.5. The summed E-state index contributed by atoms with van der Waals surface area (Å²) in [6, 6.07) is 8.25. The molecule has 4 rings (SSSR count). The molecular formula is C24H31N3O4. The normalized spacial score (nSPS) is 15.6. The predicted molar refractivity (Wildman–Crippen MR) is 120 cm³/mol. The third-order valence-electron chi connectivity index (χ3n) is 5.81. The Balaban J connectivity index is 0.00000289. The zero-order valence-electron chi connectivity index (χ0n) is 17.9. The molecule has 0 radical (unpaired) electrons. The van der Waals surface area contributed by atoms with Crippen LogP contribution >= 0.6 is 0 Å². The SMILES string of the molecule is CCCCOc1cccc(C(C(=O)OC2CCCCC2)n2ccc3[nH]ncc3c2=O)c1.[HH]. The van der Waals surface area contributed by atoms with E-state index < -0.39 is 12.0 Å². The van der Waals surface area contributed by atoms with Crippen LogP contribution in [0.3, 0.4) is 0 Å². The Bertz CT molecular complexity index is 1090. The summed E-state index contributed by atoms with van der Waals surface area (Å²) in [5.41, 5.74) is 1.02. The Kier molecular flexibility index (Phi) is 6.70. The summed E-state index contributed by atoms with van der Waals surface area (Å²) >= 11 is 0. The molecule has 0 bridgehead atoms. The molecule has 1 aliphatic carbocycles. The van der Waals surface area contributed by atoms with E-state index in [9.17, 15) is 9.59 Å². The van der Waals surface area contributed by atoms with Crippen molar-refractivity contribution in [2.75, 3.05) is 6.61 Å². The van der Waals surface area contributed by atoms with Crippen molar-refractivity contribution in [1.82, 2.24) is 14.8 Å². The maximum absolute atomic E-state index is 13.4. The first kappa shape index (κ1) is 21.2. The molecule has 0 amide bonds.